The Kier molecular flexibility index (Phi) is 3.99. The monoisotopic (exact) mass is 227 g/mol. The SMILES string of the molecule is COC(c1nc(C)c(C(C)=O)s1)C(C)C. The van der Waals surface area contributed by atoms with Gasteiger partial charge in [0.05, 0.1) is 10.6 Å². The molecule has 0 saturated heterocycles. The highest BCUT2D eigenvalue weighted by Crippen LogP contribution is 2.30. The average Bonchev–Trinajstić information content (AvgIpc) is 2.48. The van der Waals surface area contributed by atoms with E-state index in [1.165, 1.54) is 11.3 Å². The van der Waals surface area contributed by atoms with Gasteiger partial charge in [-0.05, 0) is 12.8 Å². The Morgan fingerprint density at radius 3 is 2.40 bits per heavy atom. The zero-order valence-electron chi connectivity index (χ0n) is 9.83. The number of rotatable bonds is 4. The highest BCUT2D eigenvalue weighted by atomic mass is 32.1. The minimum atomic E-state index is -0.0122. The maximum Gasteiger partial charge on any atom is 0.171 e. The topological polar surface area (TPSA) is 39.2 Å². The quantitative estimate of drug-likeness (QED) is 0.742. The van der Waals surface area contributed by atoms with E-state index >= 15 is 0 Å². The number of aromatic nitrogens is 1. The van der Waals surface area contributed by atoms with Gasteiger partial charge in [0.15, 0.2) is 5.78 Å². The van der Waals surface area contributed by atoms with Crippen molar-refractivity contribution in [2.24, 2.45) is 5.92 Å². The molecule has 0 aliphatic rings. The third-order valence-electron chi connectivity index (χ3n) is 2.24. The summed E-state index contributed by atoms with van der Waals surface area (Å²) < 4.78 is 5.38. The van der Waals surface area contributed by atoms with Crippen molar-refractivity contribution in [1.82, 2.24) is 4.98 Å². The molecule has 4 heteroatoms. The van der Waals surface area contributed by atoms with Crippen LogP contribution in [0.1, 0.15) is 47.2 Å². The summed E-state index contributed by atoms with van der Waals surface area (Å²) in [6, 6.07) is 0. The van der Waals surface area contributed by atoms with Gasteiger partial charge in [-0.25, -0.2) is 4.98 Å². The molecule has 1 heterocycles. The van der Waals surface area contributed by atoms with Crippen molar-refractivity contribution >= 4 is 17.1 Å². The van der Waals surface area contributed by atoms with Gasteiger partial charge < -0.3 is 4.74 Å². The predicted octanol–water partition coefficient (Wildman–Crippen LogP) is 3.00. The fourth-order valence-corrected chi connectivity index (χ4v) is 2.74. The van der Waals surface area contributed by atoms with Crippen LogP contribution in [-0.2, 0) is 4.74 Å². The summed E-state index contributed by atoms with van der Waals surface area (Å²) in [5, 5.41) is 0.898. The van der Waals surface area contributed by atoms with Crippen molar-refractivity contribution < 1.29 is 9.53 Å². The van der Waals surface area contributed by atoms with Gasteiger partial charge in [0.2, 0.25) is 0 Å². The van der Waals surface area contributed by atoms with Gasteiger partial charge >= 0.3 is 0 Å². The van der Waals surface area contributed by atoms with Gasteiger partial charge in [0.25, 0.3) is 0 Å². The molecule has 0 fully saturated rings. The molecule has 0 spiro atoms. The van der Waals surface area contributed by atoms with Crippen molar-refractivity contribution in [2.45, 2.75) is 33.8 Å². The highest BCUT2D eigenvalue weighted by Gasteiger charge is 2.21. The number of hydrogen-bond donors (Lipinski definition) is 0. The van der Waals surface area contributed by atoms with Crippen LogP contribution in [0.5, 0.6) is 0 Å². The van der Waals surface area contributed by atoms with Crippen LogP contribution in [0.15, 0.2) is 0 Å². The highest BCUT2D eigenvalue weighted by molar-refractivity contribution is 7.13. The fraction of sp³-hybridized carbons (Fsp3) is 0.636. The number of nitrogens with zero attached hydrogens (tertiary/aromatic N) is 1. The van der Waals surface area contributed by atoms with E-state index in [1.807, 2.05) is 6.92 Å². The Hall–Kier alpha value is -0.740. The first-order valence-corrected chi connectivity index (χ1v) is 5.80. The molecule has 1 aromatic heterocycles. The standard InChI is InChI=1S/C11H17NO2S/c1-6(2)9(14-5)11-12-7(3)10(15-11)8(4)13/h6,9H,1-5H3. The summed E-state index contributed by atoms with van der Waals surface area (Å²) in [6.45, 7) is 7.60. The number of ether oxygens (including phenoxy) is 1. The lowest BCUT2D eigenvalue weighted by Crippen LogP contribution is -2.08. The van der Waals surface area contributed by atoms with Crippen molar-refractivity contribution in [3.63, 3.8) is 0 Å². The Morgan fingerprint density at radius 1 is 1.47 bits per heavy atom. The number of ketones is 1. The van der Waals surface area contributed by atoms with Crippen molar-refractivity contribution in [3.05, 3.63) is 15.6 Å². The van der Waals surface area contributed by atoms with Crippen LogP contribution in [0.25, 0.3) is 0 Å². The van der Waals surface area contributed by atoms with Gasteiger partial charge in [-0.2, -0.15) is 0 Å². The lowest BCUT2D eigenvalue weighted by atomic mass is 10.1. The summed E-state index contributed by atoms with van der Waals surface area (Å²) in [6.07, 6.45) is -0.0122. The summed E-state index contributed by atoms with van der Waals surface area (Å²) in [4.78, 5) is 16.4. The molecule has 0 saturated carbocycles. The van der Waals surface area contributed by atoms with E-state index in [-0.39, 0.29) is 11.9 Å². The first kappa shape index (κ1) is 12.3. The van der Waals surface area contributed by atoms with Gasteiger partial charge in [-0.15, -0.1) is 11.3 Å². The van der Waals surface area contributed by atoms with E-state index in [9.17, 15) is 4.79 Å². The van der Waals surface area contributed by atoms with E-state index < -0.39 is 0 Å². The first-order valence-electron chi connectivity index (χ1n) is 4.98. The number of thiazole rings is 1. The molecule has 1 aromatic rings. The van der Waals surface area contributed by atoms with Crippen LogP contribution in [0.4, 0.5) is 0 Å². The van der Waals surface area contributed by atoms with Gasteiger partial charge in [0, 0.05) is 14.0 Å². The normalized spacial score (nSPS) is 13.2. The molecular formula is C11H17NO2S. The van der Waals surface area contributed by atoms with E-state index in [0.29, 0.717) is 5.92 Å². The third kappa shape index (κ3) is 2.63. The van der Waals surface area contributed by atoms with E-state index in [1.54, 1.807) is 14.0 Å². The molecule has 1 unspecified atom stereocenters. The van der Waals surface area contributed by atoms with Crippen LogP contribution in [0, 0.1) is 12.8 Å². The van der Waals surface area contributed by atoms with E-state index in [0.717, 1.165) is 15.6 Å². The summed E-state index contributed by atoms with van der Waals surface area (Å²) >= 11 is 1.44. The molecule has 0 aromatic carbocycles. The molecule has 1 atom stereocenters. The summed E-state index contributed by atoms with van der Waals surface area (Å²) in [5.74, 6) is 0.440. The molecule has 3 nitrogen and oxygen atoms in total. The minimum absolute atomic E-state index is 0.0122. The molecular weight excluding hydrogens is 210 g/mol. The number of aryl methyl sites for hydroxylation is 1. The molecule has 0 N–H and O–H groups in total. The maximum absolute atomic E-state index is 11.3. The number of hydrogen-bond acceptors (Lipinski definition) is 4. The Labute approximate surface area is 94.5 Å². The molecule has 0 amide bonds. The summed E-state index contributed by atoms with van der Waals surface area (Å²) in [7, 11) is 1.68. The molecule has 15 heavy (non-hydrogen) atoms. The van der Waals surface area contributed by atoms with E-state index in [2.05, 4.69) is 18.8 Å². The van der Waals surface area contributed by atoms with E-state index in [4.69, 9.17) is 4.74 Å². The van der Waals surface area contributed by atoms with Crippen molar-refractivity contribution in [2.75, 3.05) is 7.11 Å². The molecule has 0 bridgehead atoms. The second-order valence-corrected chi connectivity index (χ2v) is 4.95. The lowest BCUT2D eigenvalue weighted by Gasteiger charge is -2.15. The molecule has 0 radical (unpaired) electrons. The van der Waals surface area contributed by atoms with Gasteiger partial charge in [-0.3, -0.25) is 4.79 Å². The summed E-state index contributed by atoms with van der Waals surface area (Å²) in [5.41, 5.74) is 0.810. The zero-order chi connectivity index (χ0) is 11.6. The molecule has 84 valence electrons. The lowest BCUT2D eigenvalue weighted by molar-refractivity contribution is 0.0643. The van der Waals surface area contributed by atoms with Crippen LogP contribution in [-0.4, -0.2) is 17.9 Å². The second-order valence-electron chi connectivity index (χ2n) is 3.92. The predicted molar refractivity (Wildman–Crippen MR) is 61.4 cm³/mol. The van der Waals surface area contributed by atoms with Crippen molar-refractivity contribution in [1.29, 1.82) is 0 Å². The zero-order valence-corrected chi connectivity index (χ0v) is 10.6. The van der Waals surface area contributed by atoms with Gasteiger partial charge in [0.1, 0.15) is 11.1 Å². The Balaban J connectivity index is 3.05. The largest absolute Gasteiger partial charge is 0.374 e. The smallest absolute Gasteiger partial charge is 0.171 e. The molecule has 0 aliphatic carbocycles. The fourth-order valence-electron chi connectivity index (χ4n) is 1.52. The van der Waals surface area contributed by atoms with Gasteiger partial charge in [-0.1, -0.05) is 13.8 Å². The van der Waals surface area contributed by atoms with Crippen LogP contribution >= 0.6 is 11.3 Å². The number of carbonyl (C=O) groups is 1. The van der Waals surface area contributed by atoms with Crippen LogP contribution in [0.3, 0.4) is 0 Å². The second kappa shape index (κ2) is 4.86. The minimum Gasteiger partial charge on any atom is -0.374 e. The number of carbonyl (C=O) groups excluding carboxylic acids is 1. The molecule has 1 rings (SSSR count). The first-order chi connectivity index (χ1) is 6.97. The number of methoxy groups -OCH3 is 1. The van der Waals surface area contributed by atoms with Crippen molar-refractivity contribution in [3.8, 4) is 0 Å². The molecule has 0 aliphatic heterocycles. The third-order valence-corrected chi connectivity index (χ3v) is 3.56. The Morgan fingerprint density at radius 2 is 2.07 bits per heavy atom. The van der Waals surface area contributed by atoms with Crippen LogP contribution < -0.4 is 0 Å². The van der Waals surface area contributed by atoms with Crippen LogP contribution in [0.2, 0.25) is 0 Å². The maximum atomic E-state index is 11.3. The Bertz CT molecular complexity index is 357. The average molecular weight is 227 g/mol. The number of Topliss-reactive ketones (excluding diaryl/α,β-unsaturated/α-hetero) is 1.